The zero-order valence-electron chi connectivity index (χ0n) is 16.3. The number of ether oxygens (including phenoxy) is 1. The molecular formula is C21H22ClN7O. The summed E-state index contributed by atoms with van der Waals surface area (Å²) in [5.74, 6) is 1.41. The van der Waals surface area contributed by atoms with Gasteiger partial charge < -0.3 is 15.0 Å². The molecule has 0 spiro atoms. The lowest BCUT2D eigenvalue weighted by molar-refractivity contribution is 0.122. The summed E-state index contributed by atoms with van der Waals surface area (Å²) in [6.07, 6.45) is 1.64. The highest BCUT2D eigenvalue weighted by Gasteiger charge is 2.16. The molecule has 1 aliphatic heterocycles. The largest absolute Gasteiger partial charge is 0.378 e. The Balaban J connectivity index is 1.52. The second kappa shape index (κ2) is 10.00. The number of hydrogen-bond donors (Lipinski definition) is 2. The van der Waals surface area contributed by atoms with E-state index in [1.165, 1.54) is 0 Å². The predicted molar refractivity (Wildman–Crippen MR) is 119 cm³/mol. The van der Waals surface area contributed by atoms with Crippen molar-refractivity contribution in [3.63, 3.8) is 0 Å². The SMILES string of the molecule is Clc1ccccc1/C=N/Nc1nc(NCc2ccccc2)nc(N2CCOCC2)n1. The van der Waals surface area contributed by atoms with Crippen LogP contribution in [-0.4, -0.2) is 47.5 Å². The number of aromatic nitrogens is 3. The summed E-state index contributed by atoms with van der Waals surface area (Å²) in [5, 5.41) is 8.12. The predicted octanol–water partition coefficient (Wildman–Crippen LogP) is 3.42. The van der Waals surface area contributed by atoms with Crippen molar-refractivity contribution in [3.8, 4) is 0 Å². The standard InChI is InChI=1S/C21H22ClN7O/c22-18-9-5-4-8-17(18)15-24-28-20-25-19(23-14-16-6-2-1-3-7-16)26-21(27-20)29-10-12-30-13-11-29/h1-9,15H,10-14H2,(H2,23,25,26,27,28)/b24-15+. The lowest BCUT2D eigenvalue weighted by Crippen LogP contribution is -2.37. The van der Waals surface area contributed by atoms with Crippen LogP contribution in [0, 0.1) is 0 Å². The van der Waals surface area contributed by atoms with Crippen LogP contribution in [0.4, 0.5) is 17.8 Å². The maximum absolute atomic E-state index is 6.17. The third-order valence-electron chi connectivity index (χ3n) is 4.48. The molecule has 30 heavy (non-hydrogen) atoms. The van der Waals surface area contributed by atoms with Gasteiger partial charge in [-0.1, -0.05) is 60.1 Å². The minimum absolute atomic E-state index is 0.352. The third kappa shape index (κ3) is 5.43. The molecule has 0 aliphatic carbocycles. The Bertz CT molecular complexity index is 994. The monoisotopic (exact) mass is 423 g/mol. The normalized spacial score (nSPS) is 14.1. The first-order chi connectivity index (χ1) is 14.8. The molecule has 9 heteroatoms. The summed E-state index contributed by atoms with van der Waals surface area (Å²) in [5.41, 5.74) is 4.83. The average Bonchev–Trinajstić information content (AvgIpc) is 2.80. The molecule has 1 aliphatic rings. The Morgan fingerprint density at radius 2 is 1.70 bits per heavy atom. The van der Waals surface area contributed by atoms with Gasteiger partial charge in [0.05, 0.1) is 19.4 Å². The van der Waals surface area contributed by atoms with Crippen LogP contribution in [0.5, 0.6) is 0 Å². The summed E-state index contributed by atoms with van der Waals surface area (Å²) in [4.78, 5) is 15.6. The lowest BCUT2D eigenvalue weighted by Gasteiger charge is -2.27. The van der Waals surface area contributed by atoms with Gasteiger partial charge in [-0.05, 0) is 11.6 Å². The van der Waals surface area contributed by atoms with Crippen molar-refractivity contribution in [2.75, 3.05) is 41.9 Å². The Kier molecular flexibility index (Phi) is 6.68. The molecule has 1 aromatic heterocycles. The molecular weight excluding hydrogens is 402 g/mol. The fourth-order valence-electron chi connectivity index (χ4n) is 2.91. The highest BCUT2D eigenvalue weighted by Crippen LogP contribution is 2.16. The molecule has 0 bridgehead atoms. The number of nitrogens with one attached hydrogen (secondary N) is 2. The molecule has 4 rings (SSSR count). The van der Waals surface area contributed by atoms with Crippen LogP contribution in [0.1, 0.15) is 11.1 Å². The molecule has 8 nitrogen and oxygen atoms in total. The molecule has 0 atom stereocenters. The van der Waals surface area contributed by atoms with Gasteiger partial charge in [-0.2, -0.15) is 20.1 Å². The molecule has 154 valence electrons. The van der Waals surface area contributed by atoms with E-state index in [2.05, 4.69) is 35.7 Å². The Morgan fingerprint density at radius 1 is 0.967 bits per heavy atom. The van der Waals surface area contributed by atoms with E-state index in [-0.39, 0.29) is 0 Å². The summed E-state index contributed by atoms with van der Waals surface area (Å²) < 4.78 is 5.43. The van der Waals surface area contributed by atoms with E-state index in [1.54, 1.807) is 6.21 Å². The van der Waals surface area contributed by atoms with Crippen LogP contribution >= 0.6 is 11.6 Å². The zero-order chi connectivity index (χ0) is 20.6. The Hall–Kier alpha value is -3.23. The highest BCUT2D eigenvalue weighted by atomic mass is 35.5. The summed E-state index contributed by atoms with van der Waals surface area (Å²) in [6, 6.07) is 17.5. The van der Waals surface area contributed by atoms with Crippen LogP contribution < -0.4 is 15.6 Å². The zero-order valence-corrected chi connectivity index (χ0v) is 17.1. The van der Waals surface area contributed by atoms with Crippen molar-refractivity contribution >= 4 is 35.7 Å². The molecule has 0 amide bonds. The quantitative estimate of drug-likeness (QED) is 0.444. The van der Waals surface area contributed by atoms with Crippen LogP contribution in [0.15, 0.2) is 59.7 Å². The van der Waals surface area contributed by atoms with E-state index in [0.717, 1.165) is 24.2 Å². The number of halogens is 1. The average molecular weight is 424 g/mol. The van der Waals surface area contributed by atoms with Gasteiger partial charge in [-0.3, -0.25) is 0 Å². The van der Waals surface area contributed by atoms with Crippen molar-refractivity contribution < 1.29 is 4.74 Å². The van der Waals surface area contributed by atoms with Crippen LogP contribution in [-0.2, 0) is 11.3 Å². The molecule has 3 aromatic rings. The Labute approximate surface area is 180 Å². The Morgan fingerprint density at radius 3 is 2.50 bits per heavy atom. The second-order valence-corrected chi connectivity index (χ2v) is 7.02. The maximum atomic E-state index is 6.17. The summed E-state index contributed by atoms with van der Waals surface area (Å²) in [7, 11) is 0. The third-order valence-corrected chi connectivity index (χ3v) is 4.83. The first-order valence-electron chi connectivity index (χ1n) is 9.68. The lowest BCUT2D eigenvalue weighted by atomic mass is 10.2. The smallest absolute Gasteiger partial charge is 0.250 e. The van der Waals surface area contributed by atoms with Gasteiger partial charge in [-0.15, -0.1) is 0 Å². The van der Waals surface area contributed by atoms with E-state index >= 15 is 0 Å². The van der Waals surface area contributed by atoms with Gasteiger partial charge in [0.15, 0.2) is 0 Å². The second-order valence-electron chi connectivity index (χ2n) is 6.61. The van der Waals surface area contributed by atoms with E-state index in [0.29, 0.717) is 42.6 Å². The van der Waals surface area contributed by atoms with E-state index in [4.69, 9.17) is 16.3 Å². The van der Waals surface area contributed by atoms with Gasteiger partial charge in [0.25, 0.3) is 0 Å². The van der Waals surface area contributed by atoms with E-state index in [9.17, 15) is 0 Å². The van der Waals surface area contributed by atoms with Crippen molar-refractivity contribution in [2.24, 2.45) is 5.10 Å². The number of hydrogen-bond acceptors (Lipinski definition) is 8. The molecule has 1 saturated heterocycles. The van der Waals surface area contributed by atoms with Crippen molar-refractivity contribution in [3.05, 3.63) is 70.7 Å². The first-order valence-corrected chi connectivity index (χ1v) is 10.1. The van der Waals surface area contributed by atoms with Crippen LogP contribution in [0.25, 0.3) is 0 Å². The molecule has 0 saturated carbocycles. The van der Waals surface area contributed by atoms with Crippen molar-refractivity contribution in [1.29, 1.82) is 0 Å². The number of hydrazone groups is 1. The van der Waals surface area contributed by atoms with E-state index in [1.807, 2.05) is 54.6 Å². The molecule has 2 heterocycles. The van der Waals surface area contributed by atoms with Gasteiger partial charge in [0.2, 0.25) is 17.8 Å². The van der Waals surface area contributed by atoms with Gasteiger partial charge in [-0.25, -0.2) is 5.43 Å². The highest BCUT2D eigenvalue weighted by molar-refractivity contribution is 6.33. The molecule has 0 radical (unpaired) electrons. The van der Waals surface area contributed by atoms with Crippen molar-refractivity contribution in [2.45, 2.75) is 6.54 Å². The van der Waals surface area contributed by atoms with Gasteiger partial charge in [0.1, 0.15) is 0 Å². The fraction of sp³-hybridized carbons (Fsp3) is 0.238. The van der Waals surface area contributed by atoms with Gasteiger partial charge >= 0.3 is 0 Å². The number of rotatable bonds is 7. The molecule has 2 aromatic carbocycles. The minimum atomic E-state index is 0.352. The molecule has 1 fully saturated rings. The summed E-state index contributed by atoms with van der Waals surface area (Å²) in [6.45, 7) is 3.35. The fourth-order valence-corrected chi connectivity index (χ4v) is 3.10. The maximum Gasteiger partial charge on any atom is 0.250 e. The van der Waals surface area contributed by atoms with Crippen LogP contribution in [0.3, 0.4) is 0 Å². The topological polar surface area (TPSA) is 87.6 Å². The summed E-state index contributed by atoms with van der Waals surface area (Å²) >= 11 is 6.17. The number of morpholine rings is 1. The van der Waals surface area contributed by atoms with E-state index < -0.39 is 0 Å². The molecule has 0 unspecified atom stereocenters. The minimum Gasteiger partial charge on any atom is -0.378 e. The number of benzene rings is 2. The van der Waals surface area contributed by atoms with Crippen molar-refractivity contribution in [1.82, 2.24) is 15.0 Å². The number of nitrogens with zero attached hydrogens (tertiary/aromatic N) is 5. The van der Waals surface area contributed by atoms with Crippen LogP contribution in [0.2, 0.25) is 5.02 Å². The molecule has 2 N–H and O–H groups in total. The first kappa shape index (κ1) is 20.1. The number of anilines is 3. The van der Waals surface area contributed by atoms with Gasteiger partial charge in [0, 0.05) is 30.2 Å².